The molecule has 134 valence electrons. The Kier molecular flexibility index (Phi) is 4.84. The van der Waals surface area contributed by atoms with Crippen molar-refractivity contribution >= 4 is 17.2 Å². The van der Waals surface area contributed by atoms with E-state index in [1.54, 1.807) is 6.20 Å². The zero-order valence-electron chi connectivity index (χ0n) is 14.8. The van der Waals surface area contributed by atoms with Crippen LogP contribution >= 0.6 is 11.3 Å². The lowest BCUT2D eigenvalue weighted by Gasteiger charge is -2.32. The highest BCUT2D eigenvalue weighted by molar-refractivity contribution is 7.13. The van der Waals surface area contributed by atoms with Crippen LogP contribution in [0, 0.1) is 6.92 Å². The summed E-state index contributed by atoms with van der Waals surface area (Å²) in [6.45, 7) is 4.28. The maximum Gasteiger partial charge on any atom is 0.265 e. The highest BCUT2D eigenvalue weighted by Gasteiger charge is 2.28. The number of hydrogen-bond acceptors (Lipinski definition) is 4. The average molecular weight is 366 g/mol. The van der Waals surface area contributed by atoms with Crippen LogP contribution in [0.2, 0.25) is 0 Å². The Hall–Kier alpha value is -2.47. The Morgan fingerprint density at radius 2 is 2.12 bits per heavy atom. The number of rotatable bonds is 4. The molecule has 1 fully saturated rings. The Morgan fingerprint density at radius 3 is 2.88 bits per heavy atom. The fraction of sp³-hybridized carbons (Fsp3) is 0.350. The van der Waals surface area contributed by atoms with Gasteiger partial charge in [-0.1, -0.05) is 30.3 Å². The van der Waals surface area contributed by atoms with Gasteiger partial charge in [-0.05, 0) is 25.3 Å². The van der Waals surface area contributed by atoms with Crippen LogP contribution in [0.5, 0.6) is 0 Å². The highest BCUT2D eigenvalue weighted by atomic mass is 32.1. The van der Waals surface area contributed by atoms with E-state index in [-0.39, 0.29) is 11.8 Å². The van der Waals surface area contributed by atoms with E-state index in [0.29, 0.717) is 0 Å². The first kappa shape index (κ1) is 17.0. The third kappa shape index (κ3) is 3.55. The summed E-state index contributed by atoms with van der Waals surface area (Å²) in [5.41, 5.74) is 1.26. The number of imidazole rings is 1. The molecular weight excluding hydrogens is 344 g/mol. The standard InChI is InChI=1S/C20H22N4OS/c1-15-22-12-18(26-15)20(25)24-10-5-8-17(14-24)19-21-9-11-23(19)13-16-6-3-2-4-7-16/h2-4,6-7,9,11-12,17H,5,8,10,13-14H2,1H3/t17-/m0/s1. The molecule has 3 heterocycles. The summed E-state index contributed by atoms with van der Waals surface area (Å²) in [6.07, 6.45) is 7.67. The zero-order chi connectivity index (χ0) is 17.9. The van der Waals surface area contributed by atoms with Gasteiger partial charge in [0.15, 0.2) is 0 Å². The number of carbonyl (C=O) groups is 1. The molecule has 5 nitrogen and oxygen atoms in total. The van der Waals surface area contributed by atoms with Gasteiger partial charge in [0.2, 0.25) is 0 Å². The number of nitrogens with zero attached hydrogens (tertiary/aromatic N) is 4. The first-order chi connectivity index (χ1) is 12.7. The summed E-state index contributed by atoms with van der Waals surface area (Å²) >= 11 is 1.47. The number of carbonyl (C=O) groups excluding carboxylic acids is 1. The molecule has 1 amide bonds. The van der Waals surface area contributed by atoms with Gasteiger partial charge in [0.1, 0.15) is 10.7 Å². The van der Waals surface area contributed by atoms with E-state index < -0.39 is 0 Å². The lowest BCUT2D eigenvalue weighted by Crippen LogP contribution is -2.39. The van der Waals surface area contributed by atoms with E-state index in [1.165, 1.54) is 16.9 Å². The third-order valence-corrected chi connectivity index (χ3v) is 5.75. The molecule has 1 atom stereocenters. The highest BCUT2D eigenvalue weighted by Crippen LogP contribution is 2.28. The molecular formula is C20H22N4OS. The number of thiazole rings is 1. The average Bonchev–Trinajstić information content (AvgIpc) is 3.31. The normalized spacial score (nSPS) is 17.4. The van der Waals surface area contributed by atoms with Gasteiger partial charge in [0.25, 0.3) is 5.91 Å². The molecule has 26 heavy (non-hydrogen) atoms. The lowest BCUT2D eigenvalue weighted by atomic mass is 9.97. The lowest BCUT2D eigenvalue weighted by molar-refractivity contribution is 0.0708. The van der Waals surface area contributed by atoms with E-state index in [4.69, 9.17) is 0 Å². The Morgan fingerprint density at radius 1 is 1.27 bits per heavy atom. The predicted molar refractivity (Wildman–Crippen MR) is 103 cm³/mol. The third-order valence-electron chi connectivity index (χ3n) is 4.85. The Bertz CT molecular complexity index is 886. The molecule has 2 aromatic heterocycles. The van der Waals surface area contributed by atoms with E-state index in [2.05, 4.69) is 38.8 Å². The van der Waals surface area contributed by atoms with Crippen LogP contribution in [0.25, 0.3) is 0 Å². The van der Waals surface area contributed by atoms with Crippen molar-refractivity contribution in [3.05, 3.63) is 70.2 Å². The van der Waals surface area contributed by atoms with E-state index >= 15 is 0 Å². The molecule has 3 aromatic rings. The predicted octanol–water partition coefficient (Wildman–Crippen LogP) is 3.72. The summed E-state index contributed by atoms with van der Waals surface area (Å²) in [6, 6.07) is 10.4. The number of piperidine rings is 1. The van der Waals surface area contributed by atoms with Crippen molar-refractivity contribution < 1.29 is 4.79 Å². The van der Waals surface area contributed by atoms with Crippen molar-refractivity contribution in [1.82, 2.24) is 19.4 Å². The molecule has 0 radical (unpaired) electrons. The Labute approximate surface area is 157 Å². The summed E-state index contributed by atoms with van der Waals surface area (Å²) in [4.78, 5) is 24.3. The molecule has 0 N–H and O–H groups in total. The molecule has 1 aliphatic heterocycles. The molecule has 6 heteroatoms. The summed E-state index contributed by atoms with van der Waals surface area (Å²) < 4.78 is 2.21. The molecule has 0 saturated carbocycles. The van der Waals surface area contributed by atoms with Crippen LogP contribution in [0.1, 0.15) is 44.8 Å². The van der Waals surface area contributed by atoms with Crippen LogP contribution in [0.15, 0.2) is 48.9 Å². The molecule has 0 spiro atoms. The van der Waals surface area contributed by atoms with Gasteiger partial charge in [-0.15, -0.1) is 11.3 Å². The molecule has 1 aromatic carbocycles. The monoisotopic (exact) mass is 366 g/mol. The number of likely N-dealkylation sites (tertiary alicyclic amines) is 1. The van der Waals surface area contributed by atoms with E-state index in [0.717, 1.165) is 48.2 Å². The number of amides is 1. The van der Waals surface area contributed by atoms with Crippen molar-refractivity contribution in [2.75, 3.05) is 13.1 Å². The number of aromatic nitrogens is 3. The molecule has 0 aliphatic carbocycles. The molecule has 0 bridgehead atoms. The largest absolute Gasteiger partial charge is 0.337 e. The quantitative estimate of drug-likeness (QED) is 0.707. The first-order valence-electron chi connectivity index (χ1n) is 8.97. The topological polar surface area (TPSA) is 51.0 Å². The number of benzene rings is 1. The van der Waals surface area contributed by atoms with Gasteiger partial charge in [0, 0.05) is 37.9 Å². The summed E-state index contributed by atoms with van der Waals surface area (Å²) in [5.74, 6) is 1.45. The minimum atomic E-state index is 0.0986. The van der Waals surface area contributed by atoms with Gasteiger partial charge in [-0.25, -0.2) is 9.97 Å². The van der Waals surface area contributed by atoms with Gasteiger partial charge in [0.05, 0.1) is 11.2 Å². The van der Waals surface area contributed by atoms with Crippen LogP contribution < -0.4 is 0 Å². The molecule has 4 rings (SSSR count). The van der Waals surface area contributed by atoms with E-state index in [1.807, 2.05) is 30.3 Å². The summed E-state index contributed by atoms with van der Waals surface area (Å²) in [5, 5.41) is 0.931. The van der Waals surface area contributed by atoms with E-state index in [9.17, 15) is 4.79 Å². The number of hydrogen-bond donors (Lipinski definition) is 0. The van der Waals surface area contributed by atoms with Crippen molar-refractivity contribution in [3.8, 4) is 0 Å². The van der Waals surface area contributed by atoms with Crippen molar-refractivity contribution in [1.29, 1.82) is 0 Å². The second kappa shape index (κ2) is 7.41. The van der Waals surface area contributed by atoms with Gasteiger partial charge in [-0.2, -0.15) is 0 Å². The fourth-order valence-corrected chi connectivity index (χ4v) is 4.33. The smallest absolute Gasteiger partial charge is 0.265 e. The zero-order valence-corrected chi connectivity index (χ0v) is 15.7. The molecule has 1 saturated heterocycles. The first-order valence-corrected chi connectivity index (χ1v) is 9.79. The number of aryl methyl sites for hydroxylation is 1. The van der Waals surface area contributed by atoms with Gasteiger partial charge >= 0.3 is 0 Å². The van der Waals surface area contributed by atoms with Gasteiger partial charge < -0.3 is 9.47 Å². The SMILES string of the molecule is Cc1ncc(C(=O)N2CCC[C@H](c3nccn3Cc3ccccc3)C2)s1. The van der Waals surface area contributed by atoms with Crippen LogP contribution in [-0.2, 0) is 6.54 Å². The maximum absolute atomic E-state index is 12.8. The van der Waals surface area contributed by atoms with Crippen molar-refractivity contribution in [3.63, 3.8) is 0 Å². The fourth-order valence-electron chi connectivity index (χ4n) is 3.58. The second-order valence-corrected chi connectivity index (χ2v) is 7.97. The van der Waals surface area contributed by atoms with Crippen LogP contribution in [0.4, 0.5) is 0 Å². The molecule has 1 aliphatic rings. The summed E-state index contributed by atoms with van der Waals surface area (Å²) in [7, 11) is 0. The second-order valence-electron chi connectivity index (χ2n) is 6.73. The minimum Gasteiger partial charge on any atom is -0.337 e. The minimum absolute atomic E-state index is 0.0986. The maximum atomic E-state index is 12.8. The van der Waals surface area contributed by atoms with Crippen molar-refractivity contribution in [2.45, 2.75) is 32.2 Å². The van der Waals surface area contributed by atoms with Crippen LogP contribution in [0.3, 0.4) is 0 Å². The van der Waals surface area contributed by atoms with Crippen molar-refractivity contribution in [2.24, 2.45) is 0 Å². The molecule has 0 unspecified atom stereocenters. The van der Waals surface area contributed by atoms with Crippen LogP contribution in [-0.4, -0.2) is 38.4 Å². The Balaban J connectivity index is 1.50. The van der Waals surface area contributed by atoms with Gasteiger partial charge in [-0.3, -0.25) is 4.79 Å².